The van der Waals surface area contributed by atoms with E-state index in [1.807, 2.05) is 0 Å². The third kappa shape index (κ3) is 6.62. The second-order valence-electron chi connectivity index (χ2n) is 3.39. The van der Waals surface area contributed by atoms with E-state index in [4.69, 9.17) is 0 Å². The largest absolute Gasteiger partial charge is 0.375 e. The number of hydrogen-bond acceptors (Lipinski definition) is 3. The summed E-state index contributed by atoms with van der Waals surface area (Å²) in [5, 5.41) is 2.65. The molecule has 1 aromatic rings. The Labute approximate surface area is 97.6 Å². The van der Waals surface area contributed by atoms with Crippen LogP contribution in [0.15, 0.2) is 12.5 Å². The molecule has 1 rings (SSSR count). The van der Waals surface area contributed by atoms with Gasteiger partial charge in [0, 0.05) is 31.3 Å². The van der Waals surface area contributed by atoms with Crippen LogP contribution in [-0.4, -0.2) is 42.1 Å². The predicted molar refractivity (Wildman–Crippen MR) is 56.7 cm³/mol. The van der Waals surface area contributed by atoms with E-state index in [9.17, 15) is 13.6 Å². The van der Waals surface area contributed by atoms with E-state index >= 15 is 0 Å². The lowest BCUT2D eigenvalue weighted by molar-refractivity contribution is -0.122. The fourth-order valence-electron chi connectivity index (χ4n) is 1.18. The number of amides is 1. The van der Waals surface area contributed by atoms with Crippen LogP contribution in [0.5, 0.6) is 0 Å². The number of carbonyl (C=O) groups is 1. The van der Waals surface area contributed by atoms with Crippen molar-refractivity contribution in [3.63, 3.8) is 0 Å². The van der Waals surface area contributed by atoms with Gasteiger partial charge in [-0.15, -0.1) is 0 Å². The molecule has 1 amide bonds. The average molecular weight is 247 g/mol. The Balaban J connectivity index is 1.98. The zero-order valence-electron chi connectivity index (χ0n) is 9.29. The second kappa shape index (κ2) is 7.72. The Morgan fingerprint density at radius 3 is 3.06 bits per heavy atom. The molecule has 1 aromatic heterocycles. The van der Waals surface area contributed by atoms with Gasteiger partial charge in [-0.25, -0.2) is 13.8 Å². The minimum Gasteiger partial charge on any atom is -0.375 e. The van der Waals surface area contributed by atoms with Crippen LogP contribution in [0, 0.1) is 0 Å². The van der Waals surface area contributed by atoms with Crippen molar-refractivity contribution in [3.8, 4) is 0 Å². The highest BCUT2D eigenvalue weighted by molar-refractivity contribution is 5.75. The van der Waals surface area contributed by atoms with Gasteiger partial charge in [0.1, 0.15) is 6.61 Å². The van der Waals surface area contributed by atoms with Crippen LogP contribution in [0.1, 0.15) is 12.1 Å². The molecule has 0 aliphatic rings. The minimum absolute atomic E-state index is 0.0141. The van der Waals surface area contributed by atoms with Crippen molar-refractivity contribution in [1.82, 2.24) is 15.3 Å². The number of halogens is 2. The summed E-state index contributed by atoms with van der Waals surface area (Å²) >= 11 is 0. The number of hydrogen-bond donors (Lipinski definition) is 2. The molecule has 0 saturated heterocycles. The van der Waals surface area contributed by atoms with Gasteiger partial charge in [-0.3, -0.25) is 4.79 Å². The van der Waals surface area contributed by atoms with Crippen molar-refractivity contribution in [2.45, 2.75) is 19.3 Å². The van der Waals surface area contributed by atoms with E-state index in [-0.39, 0.29) is 18.9 Å². The molecule has 0 aliphatic carbocycles. The first-order chi connectivity index (χ1) is 8.18. The number of imidazole rings is 1. The zero-order chi connectivity index (χ0) is 12.5. The van der Waals surface area contributed by atoms with Crippen molar-refractivity contribution in [3.05, 3.63) is 18.2 Å². The van der Waals surface area contributed by atoms with Gasteiger partial charge < -0.3 is 15.0 Å². The lowest BCUT2D eigenvalue weighted by atomic mass is 10.3. The van der Waals surface area contributed by atoms with E-state index in [1.54, 1.807) is 12.5 Å². The van der Waals surface area contributed by atoms with Gasteiger partial charge in [0.2, 0.25) is 5.91 Å². The summed E-state index contributed by atoms with van der Waals surface area (Å²) in [4.78, 5) is 18.0. The zero-order valence-corrected chi connectivity index (χ0v) is 9.29. The molecule has 5 nitrogen and oxygen atoms in total. The van der Waals surface area contributed by atoms with Crippen molar-refractivity contribution >= 4 is 5.91 Å². The van der Waals surface area contributed by atoms with E-state index in [0.717, 1.165) is 5.69 Å². The topological polar surface area (TPSA) is 67.0 Å². The van der Waals surface area contributed by atoms with Gasteiger partial charge in [0.15, 0.2) is 0 Å². The van der Waals surface area contributed by atoms with Gasteiger partial charge in [0.05, 0.1) is 12.9 Å². The summed E-state index contributed by atoms with van der Waals surface area (Å²) in [6.07, 6.45) is 1.51. The molecule has 0 aromatic carbocycles. The molecule has 0 bridgehead atoms. The summed E-state index contributed by atoms with van der Waals surface area (Å²) in [5.41, 5.74) is 0.930. The molecule has 0 saturated carbocycles. The first-order valence-electron chi connectivity index (χ1n) is 5.28. The van der Waals surface area contributed by atoms with Crippen LogP contribution < -0.4 is 5.32 Å². The molecule has 7 heteroatoms. The maximum atomic E-state index is 11.7. The Hall–Kier alpha value is -1.50. The van der Waals surface area contributed by atoms with E-state index in [2.05, 4.69) is 20.0 Å². The molecule has 17 heavy (non-hydrogen) atoms. The van der Waals surface area contributed by atoms with Crippen LogP contribution in [0.2, 0.25) is 0 Å². The number of ether oxygens (including phenoxy) is 1. The molecule has 0 fully saturated rings. The molecule has 0 radical (unpaired) electrons. The highest BCUT2D eigenvalue weighted by Gasteiger charge is 2.04. The minimum atomic E-state index is -2.49. The molecule has 96 valence electrons. The predicted octanol–water partition coefficient (Wildman–Crippen LogP) is 0.740. The Kier molecular flexibility index (Phi) is 6.16. The fraction of sp³-hybridized carbons (Fsp3) is 0.600. The number of nitrogens with zero attached hydrogens (tertiary/aromatic N) is 1. The first-order valence-corrected chi connectivity index (χ1v) is 5.28. The summed E-state index contributed by atoms with van der Waals surface area (Å²) in [7, 11) is 0. The van der Waals surface area contributed by atoms with Crippen LogP contribution in [-0.2, 0) is 16.0 Å². The Bertz CT molecular complexity index is 317. The Morgan fingerprint density at radius 2 is 2.41 bits per heavy atom. The van der Waals surface area contributed by atoms with E-state index in [0.29, 0.717) is 13.0 Å². The smallest absolute Gasteiger partial charge is 0.261 e. The highest BCUT2D eigenvalue weighted by Crippen LogP contribution is 1.94. The lowest BCUT2D eigenvalue weighted by Crippen LogP contribution is -2.26. The van der Waals surface area contributed by atoms with Crippen LogP contribution in [0.3, 0.4) is 0 Å². The molecular weight excluding hydrogens is 232 g/mol. The summed E-state index contributed by atoms with van der Waals surface area (Å²) in [6.45, 7) is -0.127. The normalized spacial score (nSPS) is 10.8. The molecule has 0 aliphatic heterocycles. The summed E-state index contributed by atoms with van der Waals surface area (Å²) < 4.78 is 28.0. The van der Waals surface area contributed by atoms with Gasteiger partial charge >= 0.3 is 0 Å². The van der Waals surface area contributed by atoms with E-state index < -0.39 is 13.0 Å². The fourth-order valence-corrected chi connectivity index (χ4v) is 1.18. The monoisotopic (exact) mass is 247 g/mol. The maximum Gasteiger partial charge on any atom is 0.261 e. The van der Waals surface area contributed by atoms with Crippen molar-refractivity contribution in [2.24, 2.45) is 0 Å². The maximum absolute atomic E-state index is 11.7. The number of carbonyl (C=O) groups excluding carboxylic acids is 1. The number of alkyl halides is 2. The van der Waals surface area contributed by atoms with Gasteiger partial charge in [-0.2, -0.15) is 0 Å². The molecule has 0 atom stereocenters. The van der Waals surface area contributed by atoms with E-state index in [1.165, 1.54) is 0 Å². The van der Waals surface area contributed by atoms with Crippen LogP contribution in [0.25, 0.3) is 0 Å². The SMILES string of the molecule is O=C(CCOCC(F)F)NCCc1cnc[nH]1. The van der Waals surface area contributed by atoms with Crippen LogP contribution >= 0.6 is 0 Å². The van der Waals surface area contributed by atoms with Crippen LogP contribution in [0.4, 0.5) is 8.78 Å². The average Bonchev–Trinajstić information content (AvgIpc) is 2.77. The van der Waals surface area contributed by atoms with Gasteiger partial charge in [-0.05, 0) is 0 Å². The summed E-state index contributed by atoms with van der Waals surface area (Å²) in [5.74, 6) is -0.209. The molecule has 0 unspecified atom stereocenters. The number of rotatable bonds is 8. The third-order valence-electron chi connectivity index (χ3n) is 1.99. The Morgan fingerprint density at radius 1 is 1.59 bits per heavy atom. The van der Waals surface area contributed by atoms with Gasteiger partial charge in [0.25, 0.3) is 6.43 Å². The van der Waals surface area contributed by atoms with Gasteiger partial charge in [-0.1, -0.05) is 0 Å². The van der Waals surface area contributed by atoms with Crippen molar-refractivity contribution in [2.75, 3.05) is 19.8 Å². The summed E-state index contributed by atoms with van der Waals surface area (Å²) in [6, 6.07) is 0. The molecular formula is C10H15F2N3O2. The van der Waals surface area contributed by atoms with Crippen molar-refractivity contribution in [1.29, 1.82) is 0 Å². The number of aromatic amines is 1. The number of aromatic nitrogens is 2. The number of nitrogens with one attached hydrogen (secondary N) is 2. The standard InChI is InChI=1S/C10H15F2N3O2/c11-9(12)6-17-4-2-10(16)14-3-1-8-5-13-7-15-8/h5,7,9H,1-4,6H2,(H,13,15)(H,14,16). The second-order valence-corrected chi connectivity index (χ2v) is 3.39. The van der Waals surface area contributed by atoms with Crippen molar-refractivity contribution < 1.29 is 18.3 Å². The molecule has 2 N–H and O–H groups in total. The third-order valence-corrected chi connectivity index (χ3v) is 1.99. The first kappa shape index (κ1) is 13.6. The molecule has 0 spiro atoms. The quantitative estimate of drug-likeness (QED) is 0.666. The lowest BCUT2D eigenvalue weighted by Gasteiger charge is -2.05. The number of H-pyrrole nitrogens is 1. The highest BCUT2D eigenvalue weighted by atomic mass is 19.3. The molecule has 1 heterocycles.